The molecule has 0 fully saturated rings. The summed E-state index contributed by atoms with van der Waals surface area (Å²) in [4.78, 5) is 12.5. The van der Waals surface area contributed by atoms with Crippen LogP contribution in [-0.2, 0) is 16.4 Å². The number of nitrogens with one attached hydrogen (secondary N) is 2. The van der Waals surface area contributed by atoms with Crippen molar-refractivity contribution < 1.29 is 22.7 Å². The minimum absolute atomic E-state index is 0.166. The third kappa shape index (κ3) is 5.02. The molecule has 28 heavy (non-hydrogen) atoms. The Balaban J connectivity index is 1.54. The number of hydrogen-bond donors (Lipinski definition) is 2. The summed E-state index contributed by atoms with van der Waals surface area (Å²) >= 11 is 0. The number of carbonyl (C=O) groups excluding carboxylic acids is 1. The van der Waals surface area contributed by atoms with E-state index in [1.54, 1.807) is 56.3 Å². The average Bonchev–Trinajstić information content (AvgIpc) is 2.67. The van der Waals surface area contributed by atoms with E-state index in [-0.39, 0.29) is 16.8 Å². The highest BCUT2D eigenvalue weighted by Gasteiger charge is 2.16. The van der Waals surface area contributed by atoms with Crippen molar-refractivity contribution in [1.82, 2.24) is 10.0 Å². The molecule has 0 spiro atoms. The van der Waals surface area contributed by atoms with Crippen LogP contribution in [0.15, 0.2) is 47.4 Å². The van der Waals surface area contributed by atoms with E-state index in [9.17, 15) is 13.2 Å². The van der Waals surface area contributed by atoms with Gasteiger partial charge in [0, 0.05) is 18.2 Å². The first-order chi connectivity index (χ1) is 13.3. The summed E-state index contributed by atoms with van der Waals surface area (Å²) in [6, 6.07) is 11.6. The molecule has 7 nitrogen and oxygen atoms in total. The molecule has 8 heteroatoms. The van der Waals surface area contributed by atoms with Crippen LogP contribution in [0.5, 0.6) is 11.5 Å². The minimum atomic E-state index is -3.50. The van der Waals surface area contributed by atoms with Crippen LogP contribution in [0.25, 0.3) is 0 Å². The Morgan fingerprint density at radius 2 is 1.71 bits per heavy atom. The molecule has 150 valence electrons. The number of rotatable bonds is 7. The van der Waals surface area contributed by atoms with Crippen molar-refractivity contribution in [2.75, 3.05) is 19.8 Å². The van der Waals surface area contributed by atoms with E-state index in [1.165, 1.54) is 0 Å². The van der Waals surface area contributed by atoms with Crippen molar-refractivity contribution in [2.45, 2.75) is 31.2 Å². The third-order valence-corrected chi connectivity index (χ3v) is 5.80. The molecule has 1 heterocycles. The standard InChI is InChI=1S/C20H24N2O5S/c1-14(2)22-28(24,25)17-6-3-15(4-7-17)9-10-21-20(23)16-5-8-18-19(13-16)27-12-11-26-18/h3-8,13-14,22H,9-12H2,1-2H3,(H,21,23). The van der Waals surface area contributed by atoms with Gasteiger partial charge in [-0.2, -0.15) is 0 Å². The quantitative estimate of drug-likeness (QED) is 0.737. The van der Waals surface area contributed by atoms with Crippen molar-refractivity contribution in [3.8, 4) is 11.5 Å². The summed E-state index contributed by atoms with van der Waals surface area (Å²) < 4.78 is 37.7. The van der Waals surface area contributed by atoms with Crippen LogP contribution in [0.2, 0.25) is 0 Å². The molecule has 0 saturated carbocycles. The molecular formula is C20H24N2O5S. The summed E-state index contributed by atoms with van der Waals surface area (Å²) in [6.07, 6.45) is 0.591. The van der Waals surface area contributed by atoms with E-state index in [0.717, 1.165) is 5.56 Å². The Bertz CT molecular complexity index is 940. The molecule has 0 saturated heterocycles. The van der Waals surface area contributed by atoms with Crippen molar-refractivity contribution >= 4 is 15.9 Å². The Labute approximate surface area is 165 Å². The van der Waals surface area contributed by atoms with Crippen LogP contribution in [0.4, 0.5) is 0 Å². The maximum atomic E-state index is 12.3. The van der Waals surface area contributed by atoms with E-state index >= 15 is 0 Å². The van der Waals surface area contributed by atoms with E-state index in [0.29, 0.717) is 43.2 Å². The fourth-order valence-electron chi connectivity index (χ4n) is 2.82. The lowest BCUT2D eigenvalue weighted by Gasteiger charge is -2.18. The lowest BCUT2D eigenvalue weighted by molar-refractivity contribution is 0.0953. The van der Waals surface area contributed by atoms with Gasteiger partial charge in [0.15, 0.2) is 11.5 Å². The summed E-state index contributed by atoms with van der Waals surface area (Å²) in [7, 11) is -3.50. The number of amides is 1. The maximum Gasteiger partial charge on any atom is 0.251 e. The zero-order chi connectivity index (χ0) is 20.1. The Morgan fingerprint density at radius 3 is 2.39 bits per heavy atom. The van der Waals surface area contributed by atoms with Crippen molar-refractivity contribution in [3.63, 3.8) is 0 Å². The number of fused-ring (bicyclic) bond motifs is 1. The number of benzene rings is 2. The SMILES string of the molecule is CC(C)NS(=O)(=O)c1ccc(CCNC(=O)c2ccc3c(c2)OCCO3)cc1. The molecule has 0 aliphatic carbocycles. The van der Waals surface area contributed by atoms with Gasteiger partial charge < -0.3 is 14.8 Å². The predicted octanol–water partition coefficient (Wildman–Crippen LogP) is 2.12. The normalized spacial score (nSPS) is 13.4. The monoisotopic (exact) mass is 404 g/mol. The molecule has 0 unspecified atom stereocenters. The molecule has 3 rings (SSSR count). The summed E-state index contributed by atoms with van der Waals surface area (Å²) in [5.41, 5.74) is 1.44. The number of hydrogen-bond acceptors (Lipinski definition) is 5. The van der Waals surface area contributed by atoms with Gasteiger partial charge >= 0.3 is 0 Å². The molecule has 2 N–H and O–H groups in total. The average molecular weight is 404 g/mol. The van der Waals surface area contributed by atoms with Gasteiger partial charge in [0.05, 0.1) is 4.90 Å². The Kier molecular flexibility index (Phi) is 6.21. The molecule has 0 radical (unpaired) electrons. The Hall–Kier alpha value is -2.58. The zero-order valence-corrected chi connectivity index (χ0v) is 16.7. The molecule has 1 aliphatic rings. The first-order valence-electron chi connectivity index (χ1n) is 9.14. The largest absolute Gasteiger partial charge is 0.486 e. The van der Waals surface area contributed by atoms with E-state index in [2.05, 4.69) is 10.0 Å². The van der Waals surface area contributed by atoms with Crippen molar-refractivity contribution in [2.24, 2.45) is 0 Å². The second kappa shape index (κ2) is 8.62. The molecule has 1 amide bonds. The molecule has 1 aliphatic heterocycles. The highest BCUT2D eigenvalue weighted by atomic mass is 32.2. The fourth-order valence-corrected chi connectivity index (χ4v) is 4.07. The number of sulfonamides is 1. The van der Waals surface area contributed by atoms with E-state index in [4.69, 9.17) is 9.47 Å². The van der Waals surface area contributed by atoms with Gasteiger partial charge in [0.25, 0.3) is 5.91 Å². The zero-order valence-electron chi connectivity index (χ0n) is 15.9. The van der Waals surface area contributed by atoms with Crippen LogP contribution in [0, 0.1) is 0 Å². The van der Waals surface area contributed by atoms with Gasteiger partial charge in [-0.05, 0) is 56.2 Å². The van der Waals surface area contributed by atoms with Crippen LogP contribution in [0.1, 0.15) is 29.8 Å². The minimum Gasteiger partial charge on any atom is -0.486 e. The molecule has 2 aromatic carbocycles. The molecule has 0 aromatic heterocycles. The highest BCUT2D eigenvalue weighted by molar-refractivity contribution is 7.89. The summed E-state index contributed by atoms with van der Waals surface area (Å²) in [5, 5.41) is 2.86. The van der Waals surface area contributed by atoms with E-state index < -0.39 is 10.0 Å². The van der Waals surface area contributed by atoms with Gasteiger partial charge in [0.2, 0.25) is 10.0 Å². The Morgan fingerprint density at radius 1 is 1.04 bits per heavy atom. The lowest BCUT2D eigenvalue weighted by Crippen LogP contribution is -2.30. The second-order valence-corrected chi connectivity index (χ2v) is 8.50. The number of ether oxygens (including phenoxy) is 2. The van der Waals surface area contributed by atoms with Crippen molar-refractivity contribution in [3.05, 3.63) is 53.6 Å². The first-order valence-corrected chi connectivity index (χ1v) is 10.6. The second-order valence-electron chi connectivity index (χ2n) is 6.78. The third-order valence-electron chi connectivity index (χ3n) is 4.13. The maximum absolute atomic E-state index is 12.3. The van der Waals surface area contributed by atoms with Crippen LogP contribution in [0.3, 0.4) is 0 Å². The predicted molar refractivity (Wildman–Crippen MR) is 105 cm³/mol. The van der Waals surface area contributed by atoms with E-state index in [1.807, 2.05) is 0 Å². The van der Waals surface area contributed by atoms with Gasteiger partial charge in [0.1, 0.15) is 13.2 Å². The lowest BCUT2D eigenvalue weighted by atomic mass is 10.1. The molecule has 0 atom stereocenters. The van der Waals surface area contributed by atoms with Crippen LogP contribution < -0.4 is 19.5 Å². The van der Waals surface area contributed by atoms with Gasteiger partial charge in [-0.25, -0.2) is 13.1 Å². The van der Waals surface area contributed by atoms with Crippen LogP contribution >= 0.6 is 0 Å². The summed E-state index contributed by atoms with van der Waals surface area (Å²) in [6.45, 7) is 4.96. The van der Waals surface area contributed by atoms with Gasteiger partial charge in [-0.1, -0.05) is 12.1 Å². The molecule has 0 bridgehead atoms. The van der Waals surface area contributed by atoms with Crippen molar-refractivity contribution in [1.29, 1.82) is 0 Å². The molecule has 2 aromatic rings. The first kappa shape index (κ1) is 20.2. The summed E-state index contributed by atoms with van der Waals surface area (Å²) in [5.74, 6) is 1.02. The fraction of sp³-hybridized carbons (Fsp3) is 0.350. The topological polar surface area (TPSA) is 93.7 Å². The number of carbonyl (C=O) groups is 1. The molecular weight excluding hydrogens is 380 g/mol. The van der Waals surface area contributed by atoms with Gasteiger partial charge in [-0.3, -0.25) is 4.79 Å². The van der Waals surface area contributed by atoms with Gasteiger partial charge in [-0.15, -0.1) is 0 Å². The highest BCUT2D eigenvalue weighted by Crippen LogP contribution is 2.30. The smallest absolute Gasteiger partial charge is 0.251 e. The van der Waals surface area contributed by atoms with Crippen LogP contribution in [-0.4, -0.2) is 40.1 Å².